The van der Waals surface area contributed by atoms with E-state index in [1.54, 1.807) is 0 Å². The van der Waals surface area contributed by atoms with Crippen LogP contribution in [0.1, 0.15) is 12.0 Å². The van der Waals surface area contributed by atoms with Gasteiger partial charge in [-0.1, -0.05) is 12.1 Å². The van der Waals surface area contributed by atoms with Crippen molar-refractivity contribution in [3.63, 3.8) is 0 Å². The van der Waals surface area contributed by atoms with Crippen LogP contribution in [0.2, 0.25) is 0 Å². The summed E-state index contributed by atoms with van der Waals surface area (Å²) in [5, 5.41) is 11.9. The van der Waals surface area contributed by atoms with E-state index in [1.807, 2.05) is 18.2 Å². The number of para-hydroxylation sites is 1. The lowest BCUT2D eigenvalue weighted by Crippen LogP contribution is -2.33. The third-order valence-corrected chi connectivity index (χ3v) is 3.08. The number of carboxylic acids is 1. The summed E-state index contributed by atoms with van der Waals surface area (Å²) in [7, 11) is 0. The third-order valence-electron chi connectivity index (χ3n) is 2.42. The van der Waals surface area contributed by atoms with E-state index < -0.39 is 12.0 Å². The first-order valence-corrected chi connectivity index (χ1v) is 5.24. The predicted octanol–water partition coefficient (Wildman–Crippen LogP) is 2.26. The summed E-state index contributed by atoms with van der Waals surface area (Å²) in [4.78, 5) is 10.8. The van der Waals surface area contributed by atoms with Gasteiger partial charge in [0.15, 0.2) is 0 Å². The van der Waals surface area contributed by atoms with Crippen LogP contribution in [0.5, 0.6) is 0 Å². The molecular formula is C10H10BrNO2. The van der Waals surface area contributed by atoms with Crippen molar-refractivity contribution in [2.45, 2.75) is 18.9 Å². The molecule has 1 aromatic rings. The van der Waals surface area contributed by atoms with Crippen molar-refractivity contribution >= 4 is 27.6 Å². The van der Waals surface area contributed by atoms with E-state index in [2.05, 4.69) is 21.2 Å². The Hall–Kier alpha value is -1.03. The lowest BCUT2D eigenvalue weighted by Gasteiger charge is -2.24. The number of rotatable bonds is 1. The molecule has 0 spiro atoms. The molecule has 4 heteroatoms. The lowest BCUT2D eigenvalue weighted by molar-refractivity contribution is -0.138. The van der Waals surface area contributed by atoms with E-state index in [9.17, 15) is 4.79 Å². The highest BCUT2D eigenvalue weighted by Gasteiger charge is 2.24. The maximum absolute atomic E-state index is 10.8. The fourth-order valence-corrected chi connectivity index (χ4v) is 2.19. The normalized spacial score (nSPS) is 19.6. The van der Waals surface area contributed by atoms with E-state index in [1.165, 1.54) is 5.56 Å². The monoisotopic (exact) mass is 255 g/mol. The summed E-state index contributed by atoms with van der Waals surface area (Å²) in [5.41, 5.74) is 2.10. The van der Waals surface area contributed by atoms with Gasteiger partial charge >= 0.3 is 5.97 Å². The Morgan fingerprint density at radius 3 is 3.07 bits per heavy atom. The van der Waals surface area contributed by atoms with Crippen LogP contribution >= 0.6 is 15.9 Å². The Bertz CT molecular complexity index is 378. The molecule has 0 bridgehead atoms. The van der Waals surface area contributed by atoms with Crippen molar-refractivity contribution in [1.82, 2.24) is 0 Å². The summed E-state index contributed by atoms with van der Waals surface area (Å²) in [6.07, 6.45) is 1.47. The SMILES string of the molecule is O=C(O)C1CCc2cccc(Br)c2N1. The van der Waals surface area contributed by atoms with Gasteiger partial charge in [-0.05, 0) is 40.4 Å². The molecule has 0 saturated heterocycles. The van der Waals surface area contributed by atoms with E-state index in [-0.39, 0.29) is 0 Å². The van der Waals surface area contributed by atoms with Gasteiger partial charge in [-0.3, -0.25) is 0 Å². The fourth-order valence-electron chi connectivity index (χ4n) is 1.67. The molecule has 1 atom stereocenters. The van der Waals surface area contributed by atoms with Gasteiger partial charge in [0.1, 0.15) is 6.04 Å². The van der Waals surface area contributed by atoms with E-state index in [4.69, 9.17) is 5.11 Å². The molecule has 1 unspecified atom stereocenters. The summed E-state index contributed by atoms with van der Waals surface area (Å²) in [6, 6.07) is 5.44. The molecular weight excluding hydrogens is 246 g/mol. The van der Waals surface area contributed by atoms with Crippen molar-refractivity contribution in [2.75, 3.05) is 5.32 Å². The van der Waals surface area contributed by atoms with Crippen LogP contribution in [0.4, 0.5) is 5.69 Å². The van der Waals surface area contributed by atoms with Crippen LogP contribution in [0.3, 0.4) is 0 Å². The first kappa shape index (κ1) is 9.52. The number of fused-ring (bicyclic) bond motifs is 1. The second-order valence-electron chi connectivity index (χ2n) is 3.35. The van der Waals surface area contributed by atoms with Gasteiger partial charge in [0.05, 0.1) is 5.69 Å². The van der Waals surface area contributed by atoms with Crippen molar-refractivity contribution in [3.8, 4) is 0 Å². The molecule has 2 N–H and O–H groups in total. The first-order valence-electron chi connectivity index (χ1n) is 4.45. The van der Waals surface area contributed by atoms with Crippen molar-refractivity contribution in [1.29, 1.82) is 0 Å². The Labute approximate surface area is 90.3 Å². The van der Waals surface area contributed by atoms with Crippen molar-refractivity contribution < 1.29 is 9.90 Å². The molecule has 0 aliphatic carbocycles. The number of anilines is 1. The zero-order valence-corrected chi connectivity index (χ0v) is 9.04. The number of halogens is 1. The largest absolute Gasteiger partial charge is 0.480 e. The third kappa shape index (κ3) is 1.62. The standard InChI is InChI=1S/C10H10BrNO2/c11-7-3-1-2-6-4-5-8(10(13)14)12-9(6)7/h1-3,8,12H,4-5H2,(H,13,14). The number of aliphatic carboxylic acids is 1. The summed E-state index contributed by atoms with van der Waals surface area (Å²) < 4.78 is 0.931. The number of hydrogen-bond acceptors (Lipinski definition) is 2. The molecule has 1 aliphatic heterocycles. The fraction of sp³-hybridized carbons (Fsp3) is 0.300. The molecule has 0 aromatic heterocycles. The Kier molecular flexibility index (Phi) is 2.46. The first-order chi connectivity index (χ1) is 6.68. The highest BCUT2D eigenvalue weighted by atomic mass is 79.9. The van der Waals surface area contributed by atoms with Gasteiger partial charge in [0, 0.05) is 4.47 Å². The molecule has 0 fully saturated rings. The molecule has 3 nitrogen and oxygen atoms in total. The lowest BCUT2D eigenvalue weighted by atomic mass is 9.98. The average Bonchev–Trinajstić information content (AvgIpc) is 2.18. The molecule has 2 rings (SSSR count). The number of carbonyl (C=O) groups is 1. The van der Waals surface area contributed by atoms with Crippen LogP contribution in [-0.4, -0.2) is 17.1 Å². The topological polar surface area (TPSA) is 49.3 Å². The molecule has 1 aromatic carbocycles. The molecule has 0 radical (unpaired) electrons. The zero-order valence-electron chi connectivity index (χ0n) is 7.46. The van der Waals surface area contributed by atoms with Crippen molar-refractivity contribution in [3.05, 3.63) is 28.2 Å². The highest BCUT2D eigenvalue weighted by Crippen LogP contribution is 2.31. The van der Waals surface area contributed by atoms with Crippen LogP contribution < -0.4 is 5.32 Å². The van der Waals surface area contributed by atoms with E-state index in [0.717, 1.165) is 16.6 Å². The van der Waals surface area contributed by atoms with Gasteiger partial charge in [-0.15, -0.1) is 0 Å². The minimum absolute atomic E-state index is 0.457. The second kappa shape index (κ2) is 3.61. The smallest absolute Gasteiger partial charge is 0.326 e. The van der Waals surface area contributed by atoms with Crippen molar-refractivity contribution in [2.24, 2.45) is 0 Å². The second-order valence-corrected chi connectivity index (χ2v) is 4.20. The molecule has 14 heavy (non-hydrogen) atoms. The number of hydrogen-bond donors (Lipinski definition) is 2. The zero-order chi connectivity index (χ0) is 10.1. The van der Waals surface area contributed by atoms with Gasteiger partial charge < -0.3 is 10.4 Å². The number of benzene rings is 1. The van der Waals surface area contributed by atoms with Crippen LogP contribution in [0.15, 0.2) is 22.7 Å². The van der Waals surface area contributed by atoms with Gasteiger partial charge in [0.2, 0.25) is 0 Å². The van der Waals surface area contributed by atoms with Gasteiger partial charge in [-0.25, -0.2) is 4.79 Å². The minimum Gasteiger partial charge on any atom is -0.480 e. The quantitative estimate of drug-likeness (QED) is 0.810. The van der Waals surface area contributed by atoms with Crippen LogP contribution in [0.25, 0.3) is 0 Å². The van der Waals surface area contributed by atoms with Crippen LogP contribution in [-0.2, 0) is 11.2 Å². The maximum Gasteiger partial charge on any atom is 0.326 e. The molecule has 74 valence electrons. The maximum atomic E-state index is 10.8. The number of nitrogens with one attached hydrogen (secondary N) is 1. The van der Waals surface area contributed by atoms with E-state index >= 15 is 0 Å². The van der Waals surface area contributed by atoms with Gasteiger partial charge in [0.25, 0.3) is 0 Å². The molecule has 1 heterocycles. The molecule has 0 saturated carbocycles. The number of aryl methyl sites for hydroxylation is 1. The average molecular weight is 256 g/mol. The Morgan fingerprint density at radius 1 is 1.57 bits per heavy atom. The van der Waals surface area contributed by atoms with Crippen LogP contribution in [0, 0.1) is 0 Å². The summed E-state index contributed by atoms with van der Waals surface area (Å²) in [6.45, 7) is 0. The molecule has 1 aliphatic rings. The minimum atomic E-state index is -0.786. The Balaban J connectivity index is 2.33. The molecule has 0 amide bonds. The highest BCUT2D eigenvalue weighted by molar-refractivity contribution is 9.10. The van der Waals surface area contributed by atoms with Gasteiger partial charge in [-0.2, -0.15) is 0 Å². The Morgan fingerprint density at radius 2 is 2.36 bits per heavy atom. The van der Waals surface area contributed by atoms with E-state index in [0.29, 0.717) is 6.42 Å². The summed E-state index contributed by atoms with van der Waals surface area (Å²) >= 11 is 3.40. The summed E-state index contributed by atoms with van der Waals surface area (Å²) in [5.74, 6) is -0.786. The predicted molar refractivity (Wildman–Crippen MR) is 57.5 cm³/mol. The number of carboxylic acid groups (broad SMARTS) is 1.